The molecule has 1 amide bonds. The number of hydrogen-bond donors (Lipinski definition) is 3. The van der Waals surface area contributed by atoms with Crippen LogP contribution in [0, 0.1) is 0 Å². The Balaban J connectivity index is 2.12. The van der Waals surface area contributed by atoms with Gasteiger partial charge in [0, 0.05) is 0 Å². The van der Waals surface area contributed by atoms with Crippen molar-refractivity contribution in [2.75, 3.05) is 6.61 Å². The maximum Gasteiger partial charge on any atom is 0.275 e. The second-order valence-corrected chi connectivity index (χ2v) is 4.91. The van der Waals surface area contributed by atoms with Crippen molar-refractivity contribution in [2.45, 2.75) is 6.92 Å². The van der Waals surface area contributed by atoms with Crippen LogP contribution < -0.4 is 10.2 Å². The van der Waals surface area contributed by atoms with Gasteiger partial charge in [-0.25, -0.2) is 5.43 Å². The highest BCUT2D eigenvalue weighted by Crippen LogP contribution is 2.34. The molecule has 0 spiro atoms. The molecule has 0 aromatic heterocycles. The summed E-state index contributed by atoms with van der Waals surface area (Å²) in [5.74, 6) is -0.599. The fourth-order valence-corrected chi connectivity index (χ4v) is 2.04. The van der Waals surface area contributed by atoms with E-state index in [2.05, 4.69) is 10.5 Å². The number of nitrogens with one attached hydrogen (secondary N) is 1. The number of hydrazone groups is 1. The van der Waals surface area contributed by atoms with Gasteiger partial charge in [0.15, 0.2) is 11.5 Å². The van der Waals surface area contributed by atoms with Crippen LogP contribution in [0.2, 0.25) is 5.02 Å². The molecule has 6 nitrogen and oxygen atoms in total. The topological polar surface area (TPSA) is 91.2 Å². The number of ether oxygens (including phenoxy) is 1. The molecule has 2 rings (SSSR count). The van der Waals surface area contributed by atoms with Gasteiger partial charge in [0.2, 0.25) is 0 Å². The number of benzene rings is 2. The van der Waals surface area contributed by atoms with E-state index >= 15 is 0 Å². The molecule has 0 fully saturated rings. The van der Waals surface area contributed by atoms with E-state index in [0.717, 1.165) is 0 Å². The number of carbonyl (C=O) groups is 1. The minimum Gasteiger partial charge on any atom is -0.507 e. The van der Waals surface area contributed by atoms with Gasteiger partial charge >= 0.3 is 0 Å². The Morgan fingerprint density at radius 2 is 2.09 bits per heavy atom. The van der Waals surface area contributed by atoms with Gasteiger partial charge in [-0.05, 0) is 36.8 Å². The van der Waals surface area contributed by atoms with Crippen LogP contribution in [-0.4, -0.2) is 28.9 Å². The van der Waals surface area contributed by atoms with E-state index in [9.17, 15) is 15.0 Å². The van der Waals surface area contributed by atoms with Gasteiger partial charge in [-0.1, -0.05) is 23.7 Å². The molecule has 7 heteroatoms. The van der Waals surface area contributed by atoms with Crippen LogP contribution in [0.3, 0.4) is 0 Å². The zero-order chi connectivity index (χ0) is 16.8. The first-order valence-corrected chi connectivity index (χ1v) is 7.17. The molecule has 2 aromatic carbocycles. The molecular formula is C16H15ClN2O4. The van der Waals surface area contributed by atoms with Crippen LogP contribution in [0.15, 0.2) is 41.5 Å². The van der Waals surface area contributed by atoms with Crippen molar-refractivity contribution >= 4 is 23.7 Å². The fraction of sp³-hybridized carbons (Fsp3) is 0.125. The van der Waals surface area contributed by atoms with E-state index in [1.807, 2.05) is 0 Å². The third-order valence-corrected chi connectivity index (χ3v) is 3.17. The first kappa shape index (κ1) is 16.6. The normalized spacial score (nSPS) is 10.7. The number of carbonyl (C=O) groups excluding carboxylic acids is 1. The third kappa shape index (κ3) is 4.14. The second-order valence-electron chi connectivity index (χ2n) is 4.50. The molecule has 3 N–H and O–H groups in total. The molecule has 2 aromatic rings. The SMILES string of the molecule is CCOc1cc(/C=N\NC(=O)c2ccccc2O)cc(Cl)c1O. The molecule has 0 aliphatic carbocycles. The Bertz CT molecular complexity index is 747. The van der Waals surface area contributed by atoms with Crippen molar-refractivity contribution in [3.63, 3.8) is 0 Å². The predicted octanol–water partition coefficient (Wildman–Crippen LogP) is 2.91. The number of aromatic hydroxyl groups is 2. The average molecular weight is 335 g/mol. The fourth-order valence-electron chi connectivity index (χ4n) is 1.83. The monoisotopic (exact) mass is 334 g/mol. The van der Waals surface area contributed by atoms with Crippen molar-refractivity contribution in [3.8, 4) is 17.2 Å². The molecule has 0 unspecified atom stereocenters. The summed E-state index contributed by atoms with van der Waals surface area (Å²) in [6.45, 7) is 2.15. The van der Waals surface area contributed by atoms with Crippen molar-refractivity contribution in [2.24, 2.45) is 5.10 Å². The van der Waals surface area contributed by atoms with Gasteiger partial charge in [0.05, 0.1) is 23.4 Å². The standard InChI is InChI=1S/C16H15ClN2O4/c1-2-23-14-8-10(7-12(17)15(14)21)9-18-19-16(22)11-5-3-4-6-13(11)20/h3-9,20-21H,2H2,1H3,(H,19,22)/b18-9-. The Morgan fingerprint density at radius 1 is 1.35 bits per heavy atom. The third-order valence-electron chi connectivity index (χ3n) is 2.88. The summed E-state index contributed by atoms with van der Waals surface area (Å²) < 4.78 is 5.25. The molecule has 0 atom stereocenters. The minimum atomic E-state index is -0.547. The lowest BCUT2D eigenvalue weighted by atomic mass is 10.2. The zero-order valence-corrected chi connectivity index (χ0v) is 13.0. The van der Waals surface area contributed by atoms with Gasteiger partial charge in [-0.2, -0.15) is 5.10 Å². The number of halogens is 1. The van der Waals surface area contributed by atoms with E-state index in [4.69, 9.17) is 16.3 Å². The molecule has 0 saturated heterocycles. The first-order valence-electron chi connectivity index (χ1n) is 6.79. The summed E-state index contributed by atoms with van der Waals surface area (Å²) in [5.41, 5.74) is 2.95. The number of amides is 1. The van der Waals surface area contributed by atoms with Gasteiger partial charge < -0.3 is 14.9 Å². The number of phenolic OH excluding ortho intramolecular Hbond substituents is 2. The maximum atomic E-state index is 11.9. The molecule has 23 heavy (non-hydrogen) atoms. The van der Waals surface area contributed by atoms with E-state index in [1.54, 1.807) is 25.1 Å². The Morgan fingerprint density at radius 3 is 2.78 bits per heavy atom. The molecule has 0 heterocycles. The number of rotatable bonds is 5. The molecule has 0 bridgehead atoms. The zero-order valence-electron chi connectivity index (χ0n) is 12.3. The smallest absolute Gasteiger partial charge is 0.275 e. The van der Waals surface area contributed by atoms with Crippen molar-refractivity contribution in [3.05, 3.63) is 52.5 Å². The van der Waals surface area contributed by atoms with E-state index in [0.29, 0.717) is 12.2 Å². The van der Waals surface area contributed by atoms with Crippen molar-refractivity contribution < 1.29 is 19.7 Å². The summed E-state index contributed by atoms with van der Waals surface area (Å²) >= 11 is 5.90. The van der Waals surface area contributed by atoms with Crippen LogP contribution in [0.25, 0.3) is 0 Å². The van der Waals surface area contributed by atoms with Crippen LogP contribution in [0.5, 0.6) is 17.2 Å². The van der Waals surface area contributed by atoms with Crippen LogP contribution in [-0.2, 0) is 0 Å². The summed E-state index contributed by atoms with van der Waals surface area (Å²) in [6, 6.07) is 9.16. The molecular weight excluding hydrogens is 320 g/mol. The number of hydrogen-bond acceptors (Lipinski definition) is 5. The highest BCUT2D eigenvalue weighted by molar-refractivity contribution is 6.32. The number of para-hydroxylation sites is 1. The first-order chi connectivity index (χ1) is 11.0. The maximum absolute atomic E-state index is 11.9. The molecule has 0 aliphatic heterocycles. The highest BCUT2D eigenvalue weighted by atomic mass is 35.5. The lowest BCUT2D eigenvalue weighted by molar-refractivity contribution is 0.0952. The predicted molar refractivity (Wildman–Crippen MR) is 87.5 cm³/mol. The lowest BCUT2D eigenvalue weighted by Gasteiger charge is -2.08. The Hall–Kier alpha value is -2.73. The Labute approximate surface area is 138 Å². The highest BCUT2D eigenvalue weighted by Gasteiger charge is 2.10. The molecule has 0 aliphatic rings. The van der Waals surface area contributed by atoms with Gasteiger partial charge in [-0.15, -0.1) is 0 Å². The summed E-state index contributed by atoms with van der Waals surface area (Å²) in [4.78, 5) is 11.9. The minimum absolute atomic E-state index is 0.114. The molecule has 0 radical (unpaired) electrons. The van der Waals surface area contributed by atoms with Crippen LogP contribution >= 0.6 is 11.6 Å². The second kappa shape index (κ2) is 7.51. The quantitative estimate of drug-likeness (QED) is 0.579. The van der Waals surface area contributed by atoms with E-state index < -0.39 is 5.91 Å². The Kier molecular flexibility index (Phi) is 5.43. The summed E-state index contributed by atoms with van der Waals surface area (Å²) in [6.07, 6.45) is 1.35. The van der Waals surface area contributed by atoms with Crippen molar-refractivity contribution in [1.29, 1.82) is 0 Å². The summed E-state index contributed by atoms with van der Waals surface area (Å²) in [7, 11) is 0. The van der Waals surface area contributed by atoms with Gasteiger partial charge in [-0.3, -0.25) is 4.79 Å². The average Bonchev–Trinajstić information content (AvgIpc) is 2.52. The van der Waals surface area contributed by atoms with E-state index in [-0.39, 0.29) is 27.8 Å². The lowest BCUT2D eigenvalue weighted by Crippen LogP contribution is -2.17. The van der Waals surface area contributed by atoms with E-state index in [1.165, 1.54) is 24.4 Å². The molecule has 0 saturated carbocycles. The number of nitrogens with zero attached hydrogens (tertiary/aromatic N) is 1. The summed E-state index contributed by atoms with van der Waals surface area (Å²) in [5, 5.41) is 23.2. The van der Waals surface area contributed by atoms with Gasteiger partial charge in [0.1, 0.15) is 5.75 Å². The van der Waals surface area contributed by atoms with Crippen LogP contribution in [0.1, 0.15) is 22.8 Å². The van der Waals surface area contributed by atoms with Crippen LogP contribution in [0.4, 0.5) is 0 Å². The number of phenols is 2. The molecule has 120 valence electrons. The van der Waals surface area contributed by atoms with Gasteiger partial charge in [0.25, 0.3) is 5.91 Å². The largest absolute Gasteiger partial charge is 0.507 e. The van der Waals surface area contributed by atoms with Crippen molar-refractivity contribution in [1.82, 2.24) is 5.43 Å².